The van der Waals surface area contributed by atoms with Crippen LogP contribution in [0.1, 0.15) is 5.56 Å². The lowest BCUT2D eigenvalue weighted by atomic mass is 10.2. The van der Waals surface area contributed by atoms with Gasteiger partial charge in [0.1, 0.15) is 0 Å². The Hall–Kier alpha value is -2.55. The molecule has 0 radical (unpaired) electrons. The predicted octanol–water partition coefficient (Wildman–Crippen LogP) is 6.79. The zero-order valence-electron chi connectivity index (χ0n) is 17.3. The quantitative estimate of drug-likeness (QED) is 0.156. The summed E-state index contributed by atoms with van der Waals surface area (Å²) in [4.78, 5) is 12.4. The molecular formula is C23H15Cl4N5OS. The fourth-order valence-corrected chi connectivity index (χ4v) is 4.43. The van der Waals surface area contributed by atoms with Crippen molar-refractivity contribution in [2.45, 2.75) is 5.16 Å². The number of hydrazone groups is 1. The summed E-state index contributed by atoms with van der Waals surface area (Å²) in [6.45, 7) is 0. The lowest BCUT2D eigenvalue weighted by Gasteiger charge is -2.10. The van der Waals surface area contributed by atoms with Gasteiger partial charge in [-0.15, -0.1) is 10.2 Å². The van der Waals surface area contributed by atoms with Crippen molar-refractivity contribution in [3.05, 3.63) is 92.4 Å². The molecule has 4 rings (SSSR count). The number of nitrogens with one attached hydrogen (secondary N) is 1. The molecule has 1 N–H and O–H groups in total. The minimum Gasteiger partial charge on any atom is -0.272 e. The molecule has 172 valence electrons. The van der Waals surface area contributed by atoms with Gasteiger partial charge in [-0.05, 0) is 60.7 Å². The van der Waals surface area contributed by atoms with Crippen molar-refractivity contribution in [3.8, 4) is 17.1 Å². The van der Waals surface area contributed by atoms with Crippen LogP contribution in [0.25, 0.3) is 17.1 Å². The highest BCUT2D eigenvalue weighted by molar-refractivity contribution is 7.99. The topological polar surface area (TPSA) is 72.2 Å². The van der Waals surface area contributed by atoms with Crippen LogP contribution in [0.2, 0.25) is 20.1 Å². The molecule has 34 heavy (non-hydrogen) atoms. The molecule has 6 nitrogen and oxygen atoms in total. The lowest BCUT2D eigenvalue weighted by molar-refractivity contribution is -0.118. The van der Waals surface area contributed by atoms with Gasteiger partial charge in [0.25, 0.3) is 5.91 Å². The van der Waals surface area contributed by atoms with Crippen LogP contribution in [0.5, 0.6) is 0 Å². The van der Waals surface area contributed by atoms with Crippen LogP contribution in [-0.4, -0.2) is 32.6 Å². The molecule has 0 unspecified atom stereocenters. The second-order valence-corrected chi connectivity index (χ2v) is 9.47. The van der Waals surface area contributed by atoms with Crippen LogP contribution in [0.15, 0.2) is 77.0 Å². The Morgan fingerprint density at radius 3 is 2.18 bits per heavy atom. The zero-order chi connectivity index (χ0) is 24.1. The molecule has 0 aliphatic carbocycles. The number of rotatable bonds is 7. The molecule has 0 saturated heterocycles. The fraction of sp³-hybridized carbons (Fsp3) is 0.0435. The highest BCUT2D eigenvalue weighted by atomic mass is 35.5. The van der Waals surface area contributed by atoms with E-state index in [-0.39, 0.29) is 11.7 Å². The van der Waals surface area contributed by atoms with Crippen molar-refractivity contribution in [1.82, 2.24) is 20.2 Å². The van der Waals surface area contributed by atoms with Gasteiger partial charge in [0.15, 0.2) is 11.0 Å². The van der Waals surface area contributed by atoms with Gasteiger partial charge in [-0.1, -0.05) is 64.2 Å². The summed E-state index contributed by atoms with van der Waals surface area (Å²) in [5, 5.41) is 15.2. The molecule has 1 aromatic heterocycles. The minimum atomic E-state index is -0.330. The van der Waals surface area contributed by atoms with Gasteiger partial charge in [-0.25, -0.2) is 5.43 Å². The van der Waals surface area contributed by atoms with Crippen LogP contribution in [-0.2, 0) is 4.79 Å². The van der Waals surface area contributed by atoms with Crippen LogP contribution >= 0.6 is 58.2 Å². The Bertz CT molecular complexity index is 1320. The Labute approximate surface area is 219 Å². The fourth-order valence-electron chi connectivity index (χ4n) is 2.94. The molecule has 11 heteroatoms. The molecule has 0 aliphatic heterocycles. The maximum Gasteiger partial charge on any atom is 0.250 e. The van der Waals surface area contributed by atoms with Gasteiger partial charge in [0.2, 0.25) is 0 Å². The van der Waals surface area contributed by atoms with Gasteiger partial charge >= 0.3 is 0 Å². The maximum absolute atomic E-state index is 12.4. The summed E-state index contributed by atoms with van der Waals surface area (Å²) in [6, 6.07) is 19.6. The van der Waals surface area contributed by atoms with E-state index >= 15 is 0 Å². The average Bonchev–Trinajstić information content (AvgIpc) is 3.24. The van der Waals surface area contributed by atoms with E-state index in [0.717, 1.165) is 11.3 Å². The standard InChI is InChI=1S/C23H15Cl4N5OS/c24-15-6-4-14(5-7-15)22-30-31-23(32(22)17-10-8-16(25)9-11-17)34-13-21(33)29-28-12-18-19(26)2-1-3-20(18)27/h1-12H,13H2,(H,29,33). The molecule has 0 saturated carbocycles. The van der Waals surface area contributed by atoms with Crippen molar-refractivity contribution < 1.29 is 4.79 Å². The molecule has 3 aromatic carbocycles. The second kappa shape index (κ2) is 11.3. The number of hydrogen-bond donors (Lipinski definition) is 1. The van der Waals surface area contributed by atoms with Gasteiger partial charge in [0, 0.05) is 26.9 Å². The van der Waals surface area contributed by atoms with Crippen molar-refractivity contribution in [2.75, 3.05) is 5.75 Å². The molecular weight excluding hydrogens is 536 g/mol. The zero-order valence-corrected chi connectivity index (χ0v) is 21.1. The number of halogens is 4. The van der Waals surface area contributed by atoms with E-state index < -0.39 is 0 Å². The van der Waals surface area contributed by atoms with E-state index in [1.807, 2.05) is 28.8 Å². The third-order valence-electron chi connectivity index (χ3n) is 4.54. The smallest absolute Gasteiger partial charge is 0.250 e. The third-order valence-corrected chi connectivity index (χ3v) is 6.63. The first-order valence-electron chi connectivity index (χ1n) is 9.78. The van der Waals surface area contributed by atoms with Crippen molar-refractivity contribution >= 4 is 70.3 Å². The number of nitrogens with zero attached hydrogens (tertiary/aromatic N) is 4. The largest absolute Gasteiger partial charge is 0.272 e. The summed E-state index contributed by atoms with van der Waals surface area (Å²) in [6.07, 6.45) is 1.40. The highest BCUT2D eigenvalue weighted by Gasteiger charge is 2.17. The molecule has 0 bridgehead atoms. The first-order valence-corrected chi connectivity index (χ1v) is 12.3. The van der Waals surface area contributed by atoms with Gasteiger partial charge in [-0.2, -0.15) is 5.10 Å². The number of carbonyl (C=O) groups excluding carboxylic acids is 1. The van der Waals surface area contributed by atoms with Crippen LogP contribution in [0.4, 0.5) is 0 Å². The van der Waals surface area contributed by atoms with Crippen LogP contribution in [0.3, 0.4) is 0 Å². The van der Waals surface area contributed by atoms with Gasteiger partial charge in [-0.3, -0.25) is 9.36 Å². The number of thioether (sulfide) groups is 1. The summed E-state index contributed by atoms with van der Waals surface area (Å²) in [5.41, 5.74) is 4.62. The Kier molecular flexibility index (Phi) is 8.13. The molecule has 1 heterocycles. The number of carbonyl (C=O) groups is 1. The minimum absolute atomic E-state index is 0.0555. The normalized spacial score (nSPS) is 11.2. The van der Waals surface area contributed by atoms with Gasteiger partial charge < -0.3 is 0 Å². The van der Waals surface area contributed by atoms with Crippen LogP contribution in [0, 0.1) is 0 Å². The third kappa shape index (κ3) is 5.92. The average molecular weight is 551 g/mol. The van der Waals surface area contributed by atoms with Gasteiger partial charge in [0.05, 0.1) is 22.0 Å². The monoisotopic (exact) mass is 549 g/mol. The van der Waals surface area contributed by atoms with E-state index in [1.54, 1.807) is 42.5 Å². The number of aromatic nitrogens is 3. The summed E-state index contributed by atoms with van der Waals surface area (Å²) in [7, 11) is 0. The Balaban J connectivity index is 1.52. The molecule has 0 spiro atoms. The van der Waals surface area contributed by atoms with E-state index in [4.69, 9.17) is 46.4 Å². The molecule has 4 aromatic rings. The first-order chi connectivity index (χ1) is 16.4. The highest BCUT2D eigenvalue weighted by Crippen LogP contribution is 2.29. The number of benzene rings is 3. The maximum atomic E-state index is 12.4. The number of amides is 1. The molecule has 1 amide bonds. The number of hydrogen-bond acceptors (Lipinski definition) is 5. The van der Waals surface area contributed by atoms with E-state index in [2.05, 4.69) is 20.7 Å². The van der Waals surface area contributed by atoms with E-state index in [0.29, 0.717) is 36.6 Å². The predicted molar refractivity (Wildman–Crippen MR) is 140 cm³/mol. The van der Waals surface area contributed by atoms with Crippen molar-refractivity contribution in [1.29, 1.82) is 0 Å². The lowest BCUT2D eigenvalue weighted by Crippen LogP contribution is -2.20. The van der Waals surface area contributed by atoms with Crippen LogP contribution < -0.4 is 5.43 Å². The Morgan fingerprint density at radius 1 is 0.912 bits per heavy atom. The summed E-state index contributed by atoms with van der Waals surface area (Å²) in [5.74, 6) is 0.330. The second-order valence-electron chi connectivity index (χ2n) is 6.84. The molecule has 0 fully saturated rings. The molecule has 0 atom stereocenters. The SMILES string of the molecule is O=C(CSc1nnc(-c2ccc(Cl)cc2)n1-c1ccc(Cl)cc1)NN=Cc1c(Cl)cccc1Cl. The summed E-state index contributed by atoms with van der Waals surface area (Å²) < 4.78 is 1.85. The molecule has 0 aliphatic rings. The summed E-state index contributed by atoms with van der Waals surface area (Å²) >= 11 is 25.5. The van der Waals surface area contributed by atoms with Crippen molar-refractivity contribution in [3.63, 3.8) is 0 Å². The van der Waals surface area contributed by atoms with E-state index in [9.17, 15) is 4.79 Å². The first kappa shape index (κ1) is 24.6. The van der Waals surface area contributed by atoms with Crippen molar-refractivity contribution in [2.24, 2.45) is 5.10 Å². The Morgan fingerprint density at radius 2 is 1.53 bits per heavy atom. The van der Waals surface area contributed by atoms with E-state index in [1.165, 1.54) is 18.0 Å².